The molecule has 3 aromatic heterocycles. The second kappa shape index (κ2) is 7.08. The first-order chi connectivity index (χ1) is 13.1. The van der Waals surface area contributed by atoms with E-state index in [4.69, 9.17) is 16.0 Å². The van der Waals surface area contributed by atoms with Gasteiger partial charge in [0.05, 0.1) is 6.26 Å². The van der Waals surface area contributed by atoms with E-state index in [2.05, 4.69) is 15.5 Å². The van der Waals surface area contributed by atoms with E-state index in [-0.39, 0.29) is 12.5 Å². The lowest BCUT2D eigenvalue weighted by atomic mass is 10.2. The summed E-state index contributed by atoms with van der Waals surface area (Å²) in [5.74, 6) is 0.212. The maximum Gasteiger partial charge on any atom is 0.293 e. The molecule has 4 aromatic rings. The largest absolute Gasteiger partial charge is 0.463 e. The third kappa shape index (κ3) is 3.61. The van der Waals surface area contributed by atoms with Crippen LogP contribution in [0.3, 0.4) is 0 Å². The predicted octanol–water partition coefficient (Wildman–Crippen LogP) is 2.12. The van der Waals surface area contributed by atoms with Crippen LogP contribution in [0.1, 0.15) is 5.56 Å². The third-order valence-corrected chi connectivity index (χ3v) is 4.17. The smallest absolute Gasteiger partial charge is 0.293 e. The summed E-state index contributed by atoms with van der Waals surface area (Å²) in [7, 11) is 0. The molecule has 0 saturated carbocycles. The van der Waals surface area contributed by atoms with Crippen molar-refractivity contribution in [2.75, 3.05) is 0 Å². The van der Waals surface area contributed by atoms with Gasteiger partial charge in [-0.25, -0.2) is 9.20 Å². The summed E-state index contributed by atoms with van der Waals surface area (Å²) in [5.41, 5.74) is 1.27. The molecule has 0 unspecified atom stereocenters. The van der Waals surface area contributed by atoms with E-state index in [1.807, 2.05) is 6.07 Å². The molecule has 3 heterocycles. The van der Waals surface area contributed by atoms with E-state index >= 15 is 0 Å². The van der Waals surface area contributed by atoms with Crippen molar-refractivity contribution in [2.45, 2.75) is 13.1 Å². The van der Waals surface area contributed by atoms with Gasteiger partial charge in [0.25, 0.3) is 5.56 Å². The maximum atomic E-state index is 12.6. The number of furan rings is 1. The fraction of sp³-hybridized carbons (Fsp3) is 0.111. The predicted molar refractivity (Wildman–Crippen MR) is 98.2 cm³/mol. The van der Waals surface area contributed by atoms with Gasteiger partial charge in [-0.05, 0) is 29.8 Å². The Bertz CT molecular complexity index is 1160. The number of rotatable bonds is 5. The highest BCUT2D eigenvalue weighted by Gasteiger charge is 2.13. The quantitative estimate of drug-likeness (QED) is 0.569. The Hall–Kier alpha value is -3.39. The van der Waals surface area contributed by atoms with Crippen LogP contribution in [0, 0.1) is 0 Å². The third-order valence-electron chi connectivity index (χ3n) is 3.94. The van der Waals surface area contributed by atoms with Gasteiger partial charge in [0.2, 0.25) is 5.91 Å². The molecule has 136 valence electrons. The van der Waals surface area contributed by atoms with E-state index in [9.17, 15) is 9.59 Å². The Morgan fingerprint density at radius 1 is 1.22 bits per heavy atom. The monoisotopic (exact) mass is 383 g/mol. The zero-order valence-corrected chi connectivity index (χ0v) is 14.8. The van der Waals surface area contributed by atoms with Crippen LogP contribution in [-0.2, 0) is 17.9 Å². The molecular weight excluding hydrogens is 370 g/mol. The van der Waals surface area contributed by atoms with Gasteiger partial charge in [-0.1, -0.05) is 23.7 Å². The van der Waals surface area contributed by atoms with Gasteiger partial charge >= 0.3 is 0 Å². The first-order valence-corrected chi connectivity index (χ1v) is 8.48. The number of hydrogen-bond acceptors (Lipinski definition) is 5. The molecule has 4 rings (SSSR count). The van der Waals surface area contributed by atoms with Crippen molar-refractivity contribution in [3.63, 3.8) is 0 Å². The van der Waals surface area contributed by atoms with Crippen LogP contribution in [0.15, 0.2) is 64.3 Å². The van der Waals surface area contributed by atoms with Crippen molar-refractivity contribution >= 4 is 23.0 Å². The normalized spacial score (nSPS) is 11.0. The van der Waals surface area contributed by atoms with Gasteiger partial charge in [0.1, 0.15) is 24.1 Å². The van der Waals surface area contributed by atoms with Crippen molar-refractivity contribution < 1.29 is 9.21 Å². The Labute approximate surface area is 158 Å². The van der Waals surface area contributed by atoms with Gasteiger partial charge < -0.3 is 9.73 Å². The van der Waals surface area contributed by atoms with Crippen LogP contribution in [0.25, 0.3) is 17.0 Å². The minimum Gasteiger partial charge on any atom is -0.463 e. The highest BCUT2D eigenvalue weighted by Crippen LogP contribution is 2.18. The summed E-state index contributed by atoms with van der Waals surface area (Å²) in [4.78, 5) is 24.7. The van der Waals surface area contributed by atoms with E-state index < -0.39 is 5.56 Å². The van der Waals surface area contributed by atoms with Gasteiger partial charge in [0, 0.05) is 17.6 Å². The van der Waals surface area contributed by atoms with Crippen molar-refractivity contribution in [3.8, 4) is 11.5 Å². The van der Waals surface area contributed by atoms with Crippen LogP contribution in [0.4, 0.5) is 0 Å². The number of carbonyl (C=O) groups excluding carboxylic acids is 1. The molecule has 0 bridgehead atoms. The lowest BCUT2D eigenvalue weighted by Crippen LogP contribution is -2.34. The molecule has 27 heavy (non-hydrogen) atoms. The van der Waals surface area contributed by atoms with E-state index in [1.54, 1.807) is 36.4 Å². The van der Waals surface area contributed by atoms with E-state index in [0.29, 0.717) is 28.5 Å². The molecule has 0 aliphatic heterocycles. The number of aromatic nitrogens is 4. The number of benzene rings is 1. The van der Waals surface area contributed by atoms with E-state index in [0.717, 1.165) is 10.2 Å². The number of halogens is 1. The van der Waals surface area contributed by atoms with Crippen LogP contribution in [-0.4, -0.2) is 25.3 Å². The first kappa shape index (κ1) is 17.0. The van der Waals surface area contributed by atoms with Gasteiger partial charge in [0.15, 0.2) is 5.76 Å². The molecule has 0 saturated heterocycles. The second-order valence-corrected chi connectivity index (χ2v) is 6.27. The van der Waals surface area contributed by atoms with Crippen LogP contribution < -0.4 is 10.9 Å². The summed E-state index contributed by atoms with van der Waals surface area (Å²) >= 11 is 5.92. The Kier molecular flexibility index (Phi) is 4.47. The van der Waals surface area contributed by atoms with Crippen molar-refractivity contribution in [1.29, 1.82) is 0 Å². The van der Waals surface area contributed by atoms with E-state index in [1.165, 1.54) is 17.1 Å². The highest BCUT2D eigenvalue weighted by molar-refractivity contribution is 6.30. The highest BCUT2D eigenvalue weighted by atomic mass is 35.5. The van der Waals surface area contributed by atoms with Crippen molar-refractivity contribution in [1.82, 2.24) is 24.7 Å². The minimum atomic E-state index is -0.416. The molecule has 1 N–H and O–H groups in total. The van der Waals surface area contributed by atoms with Crippen molar-refractivity contribution in [3.05, 3.63) is 76.0 Å². The van der Waals surface area contributed by atoms with Gasteiger partial charge in [-0.3, -0.25) is 9.59 Å². The zero-order valence-electron chi connectivity index (χ0n) is 14.0. The summed E-state index contributed by atoms with van der Waals surface area (Å²) < 4.78 is 7.74. The summed E-state index contributed by atoms with van der Waals surface area (Å²) in [6, 6.07) is 12.3. The van der Waals surface area contributed by atoms with Crippen molar-refractivity contribution in [2.24, 2.45) is 0 Å². The number of hydrogen-bond donors (Lipinski definition) is 1. The number of amides is 1. The van der Waals surface area contributed by atoms with Gasteiger partial charge in [-0.15, -0.1) is 0 Å². The molecule has 0 radical (unpaired) electrons. The fourth-order valence-electron chi connectivity index (χ4n) is 2.63. The number of nitrogens with zero attached hydrogens (tertiary/aromatic N) is 4. The topological polar surface area (TPSA) is 94.4 Å². The molecule has 9 heteroatoms. The van der Waals surface area contributed by atoms with Crippen LogP contribution >= 0.6 is 11.6 Å². The molecule has 0 aliphatic carbocycles. The second-order valence-electron chi connectivity index (χ2n) is 5.84. The molecule has 1 amide bonds. The molecule has 0 atom stereocenters. The Morgan fingerprint density at radius 2 is 2.11 bits per heavy atom. The van der Waals surface area contributed by atoms with Crippen LogP contribution in [0.2, 0.25) is 5.02 Å². The SMILES string of the molecule is O=C(Cn1ncn2nc(-c3ccco3)cc2c1=O)NCc1cccc(Cl)c1. The zero-order chi connectivity index (χ0) is 18.8. The molecule has 0 fully saturated rings. The average Bonchev–Trinajstić information content (AvgIpc) is 3.32. The molecule has 0 spiro atoms. The lowest BCUT2D eigenvalue weighted by Gasteiger charge is -2.07. The fourth-order valence-corrected chi connectivity index (χ4v) is 2.85. The number of carbonyl (C=O) groups is 1. The molecule has 0 aliphatic rings. The summed E-state index contributed by atoms with van der Waals surface area (Å²) in [6.07, 6.45) is 2.91. The maximum absolute atomic E-state index is 12.6. The average molecular weight is 384 g/mol. The molecular formula is C18H14ClN5O3. The van der Waals surface area contributed by atoms with Crippen LogP contribution in [0.5, 0.6) is 0 Å². The molecule has 1 aromatic carbocycles. The number of fused-ring (bicyclic) bond motifs is 1. The minimum absolute atomic E-state index is 0.197. The summed E-state index contributed by atoms with van der Waals surface area (Å²) in [6.45, 7) is 0.114. The standard InChI is InChI=1S/C18H14ClN5O3/c19-13-4-1-3-12(7-13)9-20-17(25)10-23-18(26)15-8-14(16-5-2-6-27-16)22-24(15)11-21-23/h1-8,11H,9-10H2,(H,20,25). The summed E-state index contributed by atoms with van der Waals surface area (Å²) in [5, 5.41) is 11.6. The Morgan fingerprint density at radius 3 is 2.89 bits per heavy atom. The van der Waals surface area contributed by atoms with Gasteiger partial charge in [-0.2, -0.15) is 10.2 Å². The first-order valence-electron chi connectivity index (χ1n) is 8.11. The lowest BCUT2D eigenvalue weighted by molar-refractivity contribution is -0.122. The number of nitrogens with one attached hydrogen (secondary N) is 1. The Balaban J connectivity index is 1.51. The molecule has 8 nitrogen and oxygen atoms in total.